The molecule has 1 aliphatic rings. The quantitative estimate of drug-likeness (QED) is 0.437. The van der Waals surface area contributed by atoms with E-state index in [-0.39, 0.29) is 24.3 Å². The first-order chi connectivity index (χ1) is 12.0. The monoisotopic (exact) mass is 346 g/mol. The molecule has 0 N–H and O–H groups in total. The number of methoxy groups -OCH3 is 1. The molecule has 0 aliphatic heterocycles. The molecule has 0 radical (unpaired) electrons. The largest absolute Gasteiger partial charge is 0.464 e. The van der Waals surface area contributed by atoms with Gasteiger partial charge in [-0.3, -0.25) is 9.59 Å². The van der Waals surface area contributed by atoms with Crippen LogP contribution in [0.1, 0.15) is 34.6 Å². The number of hydrogen-bond donors (Lipinski definition) is 0. The van der Waals surface area contributed by atoms with Crippen molar-refractivity contribution in [3.63, 3.8) is 0 Å². The first kappa shape index (κ1) is 18.5. The zero-order valence-corrected chi connectivity index (χ0v) is 14.2. The topological polar surface area (TPSA) is 96.0 Å². The lowest BCUT2D eigenvalue weighted by atomic mass is 9.98. The summed E-state index contributed by atoms with van der Waals surface area (Å²) in [6.45, 7) is 3.21. The van der Waals surface area contributed by atoms with E-state index in [4.69, 9.17) is 14.2 Å². The molecule has 0 amide bonds. The Morgan fingerprint density at radius 2 is 1.48 bits per heavy atom. The molecule has 0 saturated heterocycles. The first-order valence-corrected chi connectivity index (χ1v) is 7.76. The highest BCUT2D eigenvalue weighted by atomic mass is 16.6. The van der Waals surface area contributed by atoms with Crippen LogP contribution >= 0.6 is 0 Å². The minimum absolute atomic E-state index is 0.00417. The van der Waals surface area contributed by atoms with Gasteiger partial charge in [0.25, 0.3) is 0 Å². The Bertz CT molecular complexity index is 723. The number of rotatable bonds is 6. The van der Waals surface area contributed by atoms with Crippen LogP contribution < -0.4 is 0 Å². The van der Waals surface area contributed by atoms with E-state index >= 15 is 0 Å². The van der Waals surface area contributed by atoms with E-state index in [0.717, 1.165) is 0 Å². The van der Waals surface area contributed by atoms with Crippen molar-refractivity contribution in [2.75, 3.05) is 20.3 Å². The summed E-state index contributed by atoms with van der Waals surface area (Å²) < 4.78 is 14.9. The van der Waals surface area contributed by atoms with Crippen molar-refractivity contribution in [3.05, 3.63) is 46.5 Å². The summed E-state index contributed by atoms with van der Waals surface area (Å²) >= 11 is 0. The predicted molar refractivity (Wildman–Crippen MR) is 86.2 cm³/mol. The van der Waals surface area contributed by atoms with Gasteiger partial charge in [-0.25, -0.2) is 9.59 Å². The van der Waals surface area contributed by atoms with Gasteiger partial charge in [-0.1, -0.05) is 24.3 Å². The Balaban J connectivity index is 2.65. The molecule has 2 rings (SSSR count). The molecule has 25 heavy (non-hydrogen) atoms. The average Bonchev–Trinajstić information content (AvgIpc) is 2.84. The summed E-state index contributed by atoms with van der Waals surface area (Å²) in [5.74, 6) is -3.13. The second-order valence-electron chi connectivity index (χ2n) is 5.08. The summed E-state index contributed by atoms with van der Waals surface area (Å²) in [6, 6.07) is 6.18. The fourth-order valence-corrected chi connectivity index (χ4v) is 2.60. The molecule has 1 aliphatic carbocycles. The highest BCUT2D eigenvalue weighted by Gasteiger charge is 2.42. The van der Waals surface area contributed by atoms with E-state index in [1.165, 1.54) is 19.2 Å². The number of ketones is 2. The number of esters is 2. The Hall–Kier alpha value is -2.80. The number of carbonyl (C=O) groups excluding carboxylic acids is 4. The van der Waals surface area contributed by atoms with Crippen LogP contribution in [-0.4, -0.2) is 49.9 Å². The summed E-state index contributed by atoms with van der Waals surface area (Å²) in [7, 11) is 1.18. The highest BCUT2D eigenvalue weighted by Crippen LogP contribution is 2.30. The molecule has 0 saturated carbocycles. The van der Waals surface area contributed by atoms with Crippen molar-refractivity contribution in [1.29, 1.82) is 0 Å². The number of fused-ring (bicyclic) bond motifs is 1. The van der Waals surface area contributed by atoms with Gasteiger partial charge in [0, 0.05) is 18.2 Å². The maximum Gasteiger partial charge on any atom is 0.340 e. The van der Waals surface area contributed by atoms with Gasteiger partial charge in [-0.05, 0) is 13.8 Å². The molecule has 0 heterocycles. The zero-order valence-electron chi connectivity index (χ0n) is 14.2. The third-order valence-electron chi connectivity index (χ3n) is 3.63. The summed E-state index contributed by atoms with van der Waals surface area (Å²) in [5, 5.41) is 0. The number of carbonyl (C=O) groups is 4. The highest BCUT2D eigenvalue weighted by molar-refractivity contribution is 6.41. The number of ether oxygens (including phenoxy) is 3. The second-order valence-corrected chi connectivity index (χ2v) is 5.08. The third-order valence-corrected chi connectivity index (χ3v) is 3.63. The van der Waals surface area contributed by atoms with Crippen LogP contribution in [0.4, 0.5) is 0 Å². The van der Waals surface area contributed by atoms with Gasteiger partial charge in [-0.15, -0.1) is 0 Å². The molecule has 1 aromatic carbocycles. The molecule has 1 aromatic rings. The van der Waals surface area contributed by atoms with Crippen molar-refractivity contribution >= 4 is 23.5 Å². The molecule has 0 bridgehead atoms. The first-order valence-electron chi connectivity index (χ1n) is 7.76. The molecule has 7 nitrogen and oxygen atoms in total. The van der Waals surface area contributed by atoms with E-state index in [0.29, 0.717) is 0 Å². The van der Waals surface area contributed by atoms with Crippen molar-refractivity contribution in [1.82, 2.24) is 0 Å². The minimum atomic E-state index is -1.53. The number of allylic oxidation sites excluding steroid dienone is 1. The van der Waals surface area contributed by atoms with E-state index < -0.39 is 40.8 Å². The Labute approximate surface area is 144 Å². The summed E-state index contributed by atoms with van der Waals surface area (Å²) in [4.78, 5) is 49.9. The maximum atomic E-state index is 12.7. The van der Waals surface area contributed by atoms with Crippen molar-refractivity contribution in [2.45, 2.75) is 20.0 Å². The minimum Gasteiger partial charge on any atom is -0.464 e. The SMILES string of the molecule is CCOC(=O)C(=C1C(=O)c2ccccc2C1=O)C(OC)C(=O)OCC. The fraction of sp³-hybridized carbons (Fsp3) is 0.333. The van der Waals surface area contributed by atoms with E-state index in [2.05, 4.69) is 0 Å². The average molecular weight is 346 g/mol. The Kier molecular flexibility index (Phi) is 5.82. The molecule has 0 aromatic heterocycles. The molecule has 1 unspecified atom stereocenters. The number of Topliss-reactive ketones (excluding diaryl/α,β-unsaturated/α-hetero) is 2. The third kappa shape index (κ3) is 3.36. The Morgan fingerprint density at radius 3 is 1.92 bits per heavy atom. The van der Waals surface area contributed by atoms with E-state index in [9.17, 15) is 19.2 Å². The molecule has 132 valence electrons. The summed E-state index contributed by atoms with van der Waals surface area (Å²) in [6.07, 6.45) is -1.53. The summed E-state index contributed by atoms with van der Waals surface area (Å²) in [5.41, 5.74) is -0.514. The number of hydrogen-bond acceptors (Lipinski definition) is 7. The van der Waals surface area contributed by atoms with Gasteiger partial charge in [0.15, 0.2) is 17.7 Å². The smallest absolute Gasteiger partial charge is 0.340 e. The lowest BCUT2D eigenvalue weighted by molar-refractivity contribution is -0.155. The molecule has 1 atom stereocenters. The van der Waals surface area contributed by atoms with Crippen LogP contribution in [-0.2, 0) is 23.8 Å². The predicted octanol–water partition coefficient (Wildman–Crippen LogP) is 1.50. The molecule has 0 fully saturated rings. The lowest BCUT2D eigenvalue weighted by Gasteiger charge is -2.18. The molecular weight excluding hydrogens is 328 g/mol. The lowest BCUT2D eigenvalue weighted by Crippen LogP contribution is -2.34. The standard InChI is InChI=1S/C18H18O7/c1-4-24-17(21)13(16(23-3)18(22)25-5-2)12-14(19)10-8-6-7-9-11(10)15(12)20/h6-9,16H,4-5H2,1-3H3. The maximum absolute atomic E-state index is 12.7. The van der Waals surface area contributed by atoms with Gasteiger partial charge in [0.1, 0.15) is 0 Å². The van der Waals surface area contributed by atoms with Gasteiger partial charge in [-0.2, -0.15) is 0 Å². The van der Waals surface area contributed by atoms with Gasteiger partial charge >= 0.3 is 11.9 Å². The Morgan fingerprint density at radius 1 is 0.960 bits per heavy atom. The van der Waals surface area contributed by atoms with Crippen LogP contribution in [0.3, 0.4) is 0 Å². The van der Waals surface area contributed by atoms with Crippen LogP contribution in [0.5, 0.6) is 0 Å². The van der Waals surface area contributed by atoms with Crippen LogP contribution in [0.15, 0.2) is 35.4 Å². The van der Waals surface area contributed by atoms with Gasteiger partial charge < -0.3 is 14.2 Å². The van der Waals surface area contributed by atoms with Crippen LogP contribution in [0, 0.1) is 0 Å². The van der Waals surface area contributed by atoms with Gasteiger partial charge in [0.2, 0.25) is 0 Å². The van der Waals surface area contributed by atoms with E-state index in [1.807, 2.05) is 0 Å². The van der Waals surface area contributed by atoms with E-state index in [1.54, 1.807) is 26.0 Å². The van der Waals surface area contributed by atoms with Crippen LogP contribution in [0.25, 0.3) is 0 Å². The molecular formula is C18H18O7. The molecule has 7 heteroatoms. The second kappa shape index (κ2) is 7.85. The van der Waals surface area contributed by atoms with Crippen LogP contribution in [0.2, 0.25) is 0 Å². The van der Waals surface area contributed by atoms with Crippen molar-refractivity contribution < 1.29 is 33.4 Å². The number of benzene rings is 1. The van der Waals surface area contributed by atoms with Gasteiger partial charge in [0.05, 0.1) is 24.4 Å². The van der Waals surface area contributed by atoms with Crippen molar-refractivity contribution in [3.8, 4) is 0 Å². The normalized spacial score (nSPS) is 14.1. The zero-order chi connectivity index (χ0) is 18.6. The fourth-order valence-electron chi connectivity index (χ4n) is 2.60. The molecule has 0 spiro atoms. The van der Waals surface area contributed by atoms with Crippen molar-refractivity contribution in [2.24, 2.45) is 0 Å².